The second-order valence-electron chi connectivity index (χ2n) is 4.72. The minimum Gasteiger partial charge on any atom is -0.367 e. The molecule has 0 saturated carbocycles. The molecule has 0 aliphatic heterocycles. The summed E-state index contributed by atoms with van der Waals surface area (Å²) in [6.07, 6.45) is 4.56. The first-order chi connectivity index (χ1) is 8.61. The number of rotatable bonds is 5. The third-order valence-electron chi connectivity index (χ3n) is 2.93. The van der Waals surface area contributed by atoms with E-state index in [0.29, 0.717) is 12.5 Å². The van der Waals surface area contributed by atoms with Crippen molar-refractivity contribution in [2.45, 2.75) is 38.5 Å². The fourth-order valence-electron chi connectivity index (χ4n) is 1.71. The van der Waals surface area contributed by atoms with Gasteiger partial charge in [0, 0.05) is 18.9 Å². The van der Waals surface area contributed by atoms with Crippen LogP contribution in [0, 0.1) is 0 Å². The Hall–Kier alpha value is -1.29. The van der Waals surface area contributed by atoms with Crippen LogP contribution in [0.1, 0.15) is 38.8 Å². The van der Waals surface area contributed by atoms with Gasteiger partial charge in [-0.25, -0.2) is 9.50 Å². The molecule has 0 saturated heterocycles. The van der Waals surface area contributed by atoms with Gasteiger partial charge < -0.3 is 5.32 Å². The zero-order chi connectivity index (χ0) is 13.1. The Morgan fingerprint density at radius 3 is 2.89 bits per heavy atom. The maximum atomic E-state index is 6.11. The number of hydrogen-bond acceptors (Lipinski definition) is 3. The Kier molecular flexibility index (Phi) is 4.07. The number of nitrogens with one attached hydrogen (secondary N) is 1. The van der Waals surface area contributed by atoms with Gasteiger partial charge in [-0.3, -0.25) is 0 Å². The summed E-state index contributed by atoms with van der Waals surface area (Å²) in [6, 6.07) is 2.08. The van der Waals surface area contributed by atoms with E-state index < -0.39 is 0 Å². The van der Waals surface area contributed by atoms with E-state index in [1.807, 2.05) is 10.7 Å². The monoisotopic (exact) mass is 266 g/mol. The molecule has 0 radical (unpaired) electrons. The first-order valence-electron chi connectivity index (χ1n) is 6.34. The van der Waals surface area contributed by atoms with Crippen molar-refractivity contribution in [3.63, 3.8) is 0 Å². The smallest absolute Gasteiger partial charge is 0.152 e. The number of hydrogen-bond donors (Lipinski definition) is 1. The summed E-state index contributed by atoms with van der Waals surface area (Å²) in [5.41, 5.74) is 2.07. The highest BCUT2D eigenvalue weighted by Gasteiger charge is 2.10. The number of aromatic nitrogens is 3. The van der Waals surface area contributed by atoms with Crippen molar-refractivity contribution in [1.82, 2.24) is 14.6 Å². The molecule has 2 aromatic heterocycles. The summed E-state index contributed by atoms with van der Waals surface area (Å²) >= 11 is 6.11. The molecule has 0 amide bonds. The fraction of sp³-hybridized carbons (Fsp3) is 0.538. The SMILES string of the molecule is CCC(Cl)CNc1nccn2nc(C(C)C)cc12. The van der Waals surface area contributed by atoms with Gasteiger partial charge in [0.25, 0.3) is 0 Å². The maximum absolute atomic E-state index is 6.11. The normalized spacial score (nSPS) is 13.2. The molecule has 0 bridgehead atoms. The third kappa shape index (κ3) is 2.75. The van der Waals surface area contributed by atoms with E-state index in [9.17, 15) is 0 Å². The quantitative estimate of drug-likeness (QED) is 0.845. The predicted molar refractivity (Wildman–Crippen MR) is 75.5 cm³/mol. The van der Waals surface area contributed by atoms with Gasteiger partial charge in [-0.1, -0.05) is 20.8 Å². The van der Waals surface area contributed by atoms with E-state index in [2.05, 4.69) is 42.2 Å². The standard InChI is InChI=1S/C13H19ClN4/c1-4-10(14)8-16-13-12-7-11(9(2)3)17-18(12)6-5-15-13/h5-7,9-10H,4,8H2,1-3H3,(H,15,16). The van der Waals surface area contributed by atoms with Crippen LogP contribution in [0.4, 0.5) is 5.82 Å². The van der Waals surface area contributed by atoms with Crippen molar-refractivity contribution < 1.29 is 0 Å². The van der Waals surface area contributed by atoms with E-state index in [1.54, 1.807) is 6.20 Å². The van der Waals surface area contributed by atoms with Crippen molar-refractivity contribution >= 4 is 22.9 Å². The number of nitrogens with zero attached hydrogens (tertiary/aromatic N) is 3. The largest absolute Gasteiger partial charge is 0.367 e. The van der Waals surface area contributed by atoms with Crippen LogP contribution in [-0.2, 0) is 0 Å². The van der Waals surface area contributed by atoms with E-state index in [0.717, 1.165) is 23.4 Å². The summed E-state index contributed by atoms with van der Waals surface area (Å²) in [5.74, 6) is 1.25. The molecule has 2 aromatic rings. The van der Waals surface area contributed by atoms with Gasteiger partial charge in [-0.2, -0.15) is 5.10 Å². The minimum absolute atomic E-state index is 0.125. The van der Waals surface area contributed by atoms with Crippen LogP contribution in [0.5, 0.6) is 0 Å². The van der Waals surface area contributed by atoms with E-state index >= 15 is 0 Å². The molecule has 1 atom stereocenters. The van der Waals surface area contributed by atoms with Crippen molar-refractivity contribution in [2.24, 2.45) is 0 Å². The first-order valence-corrected chi connectivity index (χ1v) is 6.77. The van der Waals surface area contributed by atoms with Crippen LogP contribution in [-0.4, -0.2) is 26.5 Å². The van der Waals surface area contributed by atoms with Crippen molar-refractivity contribution in [3.05, 3.63) is 24.2 Å². The summed E-state index contributed by atoms with van der Waals surface area (Å²) in [5, 5.41) is 7.94. The lowest BCUT2D eigenvalue weighted by Gasteiger charge is -2.09. The second-order valence-corrected chi connectivity index (χ2v) is 5.33. The highest BCUT2D eigenvalue weighted by molar-refractivity contribution is 6.20. The summed E-state index contributed by atoms with van der Waals surface area (Å²) in [6.45, 7) is 7.05. The zero-order valence-corrected chi connectivity index (χ0v) is 11.8. The van der Waals surface area contributed by atoms with Gasteiger partial charge in [-0.15, -0.1) is 11.6 Å². The molecular weight excluding hydrogens is 248 g/mol. The molecule has 1 N–H and O–H groups in total. The van der Waals surface area contributed by atoms with Crippen molar-refractivity contribution in [1.29, 1.82) is 0 Å². The van der Waals surface area contributed by atoms with Gasteiger partial charge in [0.2, 0.25) is 0 Å². The average molecular weight is 267 g/mol. The molecule has 98 valence electrons. The topological polar surface area (TPSA) is 42.2 Å². The van der Waals surface area contributed by atoms with Gasteiger partial charge >= 0.3 is 0 Å². The maximum Gasteiger partial charge on any atom is 0.152 e. The lowest BCUT2D eigenvalue weighted by Crippen LogP contribution is -2.14. The molecule has 0 aromatic carbocycles. The number of fused-ring (bicyclic) bond motifs is 1. The molecular formula is C13H19ClN4. The summed E-state index contributed by atoms with van der Waals surface area (Å²) in [4.78, 5) is 4.36. The van der Waals surface area contributed by atoms with Gasteiger partial charge in [-0.05, 0) is 18.4 Å². The molecule has 0 aliphatic carbocycles. The average Bonchev–Trinajstić information content (AvgIpc) is 2.80. The van der Waals surface area contributed by atoms with Crippen LogP contribution in [0.25, 0.3) is 5.52 Å². The molecule has 4 nitrogen and oxygen atoms in total. The number of halogens is 1. The fourth-order valence-corrected chi connectivity index (χ4v) is 1.79. The minimum atomic E-state index is 0.125. The Balaban J connectivity index is 2.27. The lowest BCUT2D eigenvalue weighted by molar-refractivity contribution is 0.786. The molecule has 5 heteroatoms. The molecule has 0 fully saturated rings. The van der Waals surface area contributed by atoms with E-state index in [1.165, 1.54) is 0 Å². The van der Waals surface area contributed by atoms with Crippen LogP contribution in [0.2, 0.25) is 0 Å². The Labute approximate surface area is 112 Å². The molecule has 2 heterocycles. The molecule has 1 unspecified atom stereocenters. The van der Waals surface area contributed by atoms with Crippen LogP contribution in [0.15, 0.2) is 18.5 Å². The molecule has 0 aliphatic rings. The third-order valence-corrected chi connectivity index (χ3v) is 3.40. The van der Waals surface area contributed by atoms with Crippen molar-refractivity contribution in [3.8, 4) is 0 Å². The lowest BCUT2D eigenvalue weighted by atomic mass is 10.1. The summed E-state index contributed by atoms with van der Waals surface area (Å²) < 4.78 is 1.86. The van der Waals surface area contributed by atoms with E-state index in [4.69, 9.17) is 11.6 Å². The predicted octanol–water partition coefficient (Wildman–Crippen LogP) is 3.28. The zero-order valence-electron chi connectivity index (χ0n) is 11.0. The van der Waals surface area contributed by atoms with Crippen LogP contribution < -0.4 is 5.32 Å². The van der Waals surface area contributed by atoms with Gasteiger partial charge in [0.05, 0.1) is 11.1 Å². The molecule has 2 rings (SSSR count). The molecule has 0 spiro atoms. The summed E-state index contributed by atoms with van der Waals surface area (Å²) in [7, 11) is 0. The second kappa shape index (κ2) is 5.57. The van der Waals surface area contributed by atoms with Crippen molar-refractivity contribution in [2.75, 3.05) is 11.9 Å². The highest BCUT2D eigenvalue weighted by Crippen LogP contribution is 2.20. The van der Waals surface area contributed by atoms with Crippen LogP contribution in [0.3, 0.4) is 0 Å². The Morgan fingerprint density at radius 1 is 1.44 bits per heavy atom. The van der Waals surface area contributed by atoms with Gasteiger partial charge in [0.15, 0.2) is 5.82 Å². The number of alkyl halides is 1. The van der Waals surface area contributed by atoms with Crippen LogP contribution >= 0.6 is 11.6 Å². The Bertz CT molecular complexity index is 521. The molecule has 18 heavy (non-hydrogen) atoms. The first kappa shape index (κ1) is 13.1. The number of anilines is 1. The highest BCUT2D eigenvalue weighted by atomic mass is 35.5. The van der Waals surface area contributed by atoms with E-state index in [-0.39, 0.29) is 5.38 Å². The van der Waals surface area contributed by atoms with Gasteiger partial charge in [0.1, 0.15) is 5.52 Å². The Morgan fingerprint density at radius 2 is 2.22 bits per heavy atom.